The van der Waals surface area contributed by atoms with Crippen molar-refractivity contribution >= 4 is 17.9 Å². The zero-order chi connectivity index (χ0) is 51.4. The first-order valence-corrected chi connectivity index (χ1v) is 30.8. The molecule has 0 aromatic carbocycles. The van der Waals surface area contributed by atoms with Gasteiger partial charge in [0, 0.05) is 19.3 Å². The fourth-order valence-corrected chi connectivity index (χ4v) is 8.84. The largest absolute Gasteiger partial charge is 0.462 e. The number of carbonyl (C=O) groups is 3. The summed E-state index contributed by atoms with van der Waals surface area (Å²) in [5.41, 5.74) is 0. The van der Waals surface area contributed by atoms with Crippen LogP contribution in [0, 0.1) is 0 Å². The maximum absolute atomic E-state index is 12.9. The summed E-state index contributed by atoms with van der Waals surface area (Å²) in [6.07, 6.45) is 75.1. The summed E-state index contributed by atoms with van der Waals surface area (Å²) in [4.78, 5) is 38.2. The van der Waals surface area contributed by atoms with Crippen molar-refractivity contribution in [3.05, 3.63) is 60.8 Å². The second-order valence-corrected chi connectivity index (χ2v) is 20.6. The number of hydrogen-bond donors (Lipinski definition) is 0. The van der Waals surface area contributed by atoms with Crippen LogP contribution in [0.2, 0.25) is 0 Å². The summed E-state index contributed by atoms with van der Waals surface area (Å²) < 4.78 is 16.9. The van der Waals surface area contributed by atoms with Crippen molar-refractivity contribution in [2.75, 3.05) is 13.2 Å². The highest BCUT2D eigenvalue weighted by atomic mass is 16.6. The Morgan fingerprint density at radius 2 is 0.521 bits per heavy atom. The van der Waals surface area contributed by atoms with Crippen LogP contribution in [-0.4, -0.2) is 37.2 Å². The van der Waals surface area contributed by atoms with Gasteiger partial charge in [-0.2, -0.15) is 0 Å². The number of rotatable bonds is 56. The molecule has 6 heteroatoms. The van der Waals surface area contributed by atoms with Crippen LogP contribution in [0.3, 0.4) is 0 Å². The van der Waals surface area contributed by atoms with E-state index in [9.17, 15) is 14.4 Å². The molecule has 6 nitrogen and oxygen atoms in total. The van der Waals surface area contributed by atoms with E-state index in [1.807, 2.05) is 0 Å². The molecule has 0 rings (SSSR count). The van der Waals surface area contributed by atoms with E-state index < -0.39 is 6.10 Å². The molecule has 0 unspecified atom stereocenters. The SMILES string of the molecule is CCCCC/C=C\C/C=C\CCCCCCCCCC(=O)O[C@H](COC(=O)CCC/C=C\C/C=C\C/C=C\CCCCCCCC)COC(=O)CCCCCCCCCCCCCCCCCCCCC. The van der Waals surface area contributed by atoms with Crippen LogP contribution >= 0.6 is 0 Å². The monoisotopic (exact) mass is 993 g/mol. The topological polar surface area (TPSA) is 78.9 Å². The Morgan fingerprint density at radius 1 is 0.282 bits per heavy atom. The molecule has 0 bridgehead atoms. The molecule has 0 saturated carbocycles. The van der Waals surface area contributed by atoms with E-state index >= 15 is 0 Å². The molecule has 0 aromatic rings. The molecule has 0 amide bonds. The van der Waals surface area contributed by atoms with Crippen LogP contribution in [0.15, 0.2) is 60.8 Å². The minimum atomic E-state index is -0.798. The number of esters is 3. The lowest BCUT2D eigenvalue weighted by Crippen LogP contribution is -2.30. The van der Waals surface area contributed by atoms with Crippen molar-refractivity contribution < 1.29 is 28.6 Å². The van der Waals surface area contributed by atoms with Crippen molar-refractivity contribution in [1.29, 1.82) is 0 Å². The van der Waals surface area contributed by atoms with Crippen LogP contribution in [0.4, 0.5) is 0 Å². The summed E-state index contributed by atoms with van der Waals surface area (Å²) in [7, 11) is 0. The second-order valence-electron chi connectivity index (χ2n) is 20.6. The first-order chi connectivity index (χ1) is 35.0. The van der Waals surface area contributed by atoms with E-state index in [0.29, 0.717) is 19.3 Å². The quantitative estimate of drug-likeness (QED) is 0.0261. The molecule has 71 heavy (non-hydrogen) atoms. The third-order valence-corrected chi connectivity index (χ3v) is 13.5. The van der Waals surface area contributed by atoms with Gasteiger partial charge in [-0.3, -0.25) is 14.4 Å². The van der Waals surface area contributed by atoms with Crippen molar-refractivity contribution in [1.82, 2.24) is 0 Å². The number of allylic oxidation sites excluding steroid dienone is 10. The summed E-state index contributed by atoms with van der Waals surface area (Å²) in [5.74, 6) is -0.937. The lowest BCUT2D eigenvalue weighted by Gasteiger charge is -2.18. The lowest BCUT2D eigenvalue weighted by molar-refractivity contribution is -0.167. The molecule has 0 aliphatic heterocycles. The number of unbranched alkanes of at least 4 members (excludes halogenated alkanes) is 35. The predicted octanol–water partition coefficient (Wildman–Crippen LogP) is 20.8. The molecule has 0 radical (unpaired) electrons. The van der Waals surface area contributed by atoms with Gasteiger partial charge in [0.25, 0.3) is 0 Å². The Kier molecular flexibility index (Phi) is 57.2. The molecule has 0 fully saturated rings. The van der Waals surface area contributed by atoms with Gasteiger partial charge in [0.2, 0.25) is 0 Å². The van der Waals surface area contributed by atoms with E-state index in [-0.39, 0.29) is 37.5 Å². The summed E-state index contributed by atoms with van der Waals surface area (Å²) in [6, 6.07) is 0. The number of hydrogen-bond acceptors (Lipinski definition) is 6. The normalized spacial score (nSPS) is 12.4. The van der Waals surface area contributed by atoms with Gasteiger partial charge in [0.15, 0.2) is 6.10 Å². The van der Waals surface area contributed by atoms with E-state index in [4.69, 9.17) is 14.2 Å². The summed E-state index contributed by atoms with van der Waals surface area (Å²) in [5, 5.41) is 0. The zero-order valence-electron chi connectivity index (χ0n) is 47.2. The zero-order valence-corrected chi connectivity index (χ0v) is 47.2. The van der Waals surface area contributed by atoms with Gasteiger partial charge in [0.1, 0.15) is 13.2 Å². The van der Waals surface area contributed by atoms with Gasteiger partial charge in [-0.05, 0) is 83.5 Å². The summed E-state index contributed by atoms with van der Waals surface area (Å²) in [6.45, 7) is 6.60. The van der Waals surface area contributed by atoms with Crippen molar-refractivity contribution in [3.8, 4) is 0 Å². The molecule has 0 N–H and O–H groups in total. The average Bonchev–Trinajstić information content (AvgIpc) is 3.37. The van der Waals surface area contributed by atoms with Crippen LogP contribution in [0.25, 0.3) is 0 Å². The molecule has 0 spiro atoms. The number of carbonyl (C=O) groups excluding carboxylic acids is 3. The fourth-order valence-electron chi connectivity index (χ4n) is 8.84. The Bertz CT molecular complexity index is 1280. The average molecular weight is 994 g/mol. The maximum atomic E-state index is 12.9. The lowest BCUT2D eigenvalue weighted by atomic mass is 10.0. The highest BCUT2D eigenvalue weighted by molar-refractivity contribution is 5.71. The predicted molar refractivity (Wildman–Crippen MR) is 307 cm³/mol. The van der Waals surface area contributed by atoms with Crippen LogP contribution in [0.5, 0.6) is 0 Å². The van der Waals surface area contributed by atoms with Gasteiger partial charge in [-0.25, -0.2) is 0 Å². The molecular formula is C65H116O6. The van der Waals surface area contributed by atoms with Crippen LogP contribution in [0.1, 0.15) is 316 Å². The first-order valence-electron chi connectivity index (χ1n) is 30.8. The van der Waals surface area contributed by atoms with E-state index in [2.05, 4.69) is 81.5 Å². The van der Waals surface area contributed by atoms with Gasteiger partial charge < -0.3 is 14.2 Å². The van der Waals surface area contributed by atoms with Gasteiger partial charge in [0.05, 0.1) is 0 Å². The minimum absolute atomic E-state index is 0.0902. The third kappa shape index (κ3) is 57.9. The minimum Gasteiger partial charge on any atom is -0.462 e. The second kappa shape index (κ2) is 59.7. The van der Waals surface area contributed by atoms with Crippen molar-refractivity contribution in [2.24, 2.45) is 0 Å². The Balaban J connectivity index is 4.42. The van der Waals surface area contributed by atoms with E-state index in [1.54, 1.807) is 0 Å². The fraction of sp³-hybridized carbons (Fsp3) is 0.800. The first kappa shape index (κ1) is 68.1. The highest BCUT2D eigenvalue weighted by Gasteiger charge is 2.19. The van der Waals surface area contributed by atoms with Gasteiger partial charge >= 0.3 is 17.9 Å². The van der Waals surface area contributed by atoms with Gasteiger partial charge in [-0.1, -0.05) is 274 Å². The van der Waals surface area contributed by atoms with Crippen LogP contribution < -0.4 is 0 Å². The molecule has 0 aromatic heterocycles. The van der Waals surface area contributed by atoms with Gasteiger partial charge in [-0.15, -0.1) is 0 Å². The van der Waals surface area contributed by atoms with Crippen LogP contribution in [-0.2, 0) is 28.6 Å². The molecule has 0 heterocycles. The molecular weight excluding hydrogens is 877 g/mol. The van der Waals surface area contributed by atoms with E-state index in [1.165, 1.54) is 199 Å². The Labute approximate surface area is 440 Å². The Hall–Kier alpha value is -2.89. The number of ether oxygens (including phenoxy) is 3. The molecule has 1 atom stereocenters. The molecule has 0 saturated heterocycles. The molecule has 412 valence electrons. The van der Waals surface area contributed by atoms with Crippen molar-refractivity contribution in [3.63, 3.8) is 0 Å². The highest BCUT2D eigenvalue weighted by Crippen LogP contribution is 2.16. The Morgan fingerprint density at radius 3 is 0.873 bits per heavy atom. The maximum Gasteiger partial charge on any atom is 0.306 e. The molecule has 0 aliphatic rings. The molecule has 0 aliphatic carbocycles. The third-order valence-electron chi connectivity index (χ3n) is 13.5. The van der Waals surface area contributed by atoms with E-state index in [0.717, 1.165) is 70.6 Å². The summed E-state index contributed by atoms with van der Waals surface area (Å²) >= 11 is 0. The van der Waals surface area contributed by atoms with Crippen molar-refractivity contribution in [2.45, 2.75) is 322 Å². The standard InChI is InChI=1S/C65H116O6/c1-4-7-10-13-16-19-22-25-28-31-32-35-37-40-43-46-49-52-55-58-64(67)70-61-62(71-65(68)59-56-53-50-47-44-41-38-34-30-27-24-21-18-15-12-9-6-3)60-69-63(66)57-54-51-48-45-42-39-36-33-29-26-23-20-17-14-11-8-5-2/h18,21,26-27,29-30,36,39,45,48,62H,4-17,19-20,22-25,28,31-35,37-38,40-44,46-47,49-61H2,1-3H3/b21-18-,29-26-,30-27-,39-36-,48-45-/t62-/m1/s1. The smallest absolute Gasteiger partial charge is 0.306 e.